The molecule has 11 heteroatoms. The van der Waals surface area contributed by atoms with Crippen molar-refractivity contribution in [1.29, 1.82) is 0 Å². The van der Waals surface area contributed by atoms with Gasteiger partial charge in [0.05, 0.1) is 12.2 Å². The first-order valence-corrected chi connectivity index (χ1v) is 10.7. The van der Waals surface area contributed by atoms with Crippen LogP contribution in [0.25, 0.3) is 5.69 Å². The third kappa shape index (κ3) is 4.88. The molecule has 1 aliphatic rings. The van der Waals surface area contributed by atoms with Crippen LogP contribution in [0.4, 0.5) is 23.4 Å². The molecule has 0 saturated heterocycles. The molecule has 4 aromatic rings. The minimum Gasteiger partial charge on any atom is -0.457 e. The third-order valence-electron chi connectivity index (χ3n) is 5.61. The van der Waals surface area contributed by atoms with Crippen molar-refractivity contribution >= 4 is 5.82 Å². The van der Waals surface area contributed by atoms with Crippen molar-refractivity contribution in [2.75, 3.05) is 5.32 Å². The number of nitrogens with zero attached hydrogens (tertiary/aromatic N) is 4. The van der Waals surface area contributed by atoms with Crippen molar-refractivity contribution in [1.82, 2.24) is 19.3 Å². The Labute approximate surface area is 196 Å². The lowest BCUT2D eigenvalue weighted by molar-refractivity contribution is -0.0794. The molecule has 0 atom stereocenters. The Morgan fingerprint density at radius 2 is 1.74 bits per heavy atom. The number of pyridine rings is 1. The number of ether oxygens (including phenoxy) is 1. The predicted molar refractivity (Wildman–Crippen MR) is 119 cm³/mol. The van der Waals surface area contributed by atoms with Gasteiger partial charge in [0.25, 0.3) is 5.92 Å². The number of aromatic nitrogens is 4. The molecule has 2 aromatic carbocycles. The maximum absolute atomic E-state index is 13.9. The second-order valence-corrected chi connectivity index (χ2v) is 8.23. The summed E-state index contributed by atoms with van der Waals surface area (Å²) >= 11 is 0. The van der Waals surface area contributed by atoms with Crippen LogP contribution in [0.1, 0.15) is 18.4 Å². The van der Waals surface area contributed by atoms with Crippen LogP contribution in [0, 0.1) is 11.6 Å². The van der Waals surface area contributed by atoms with Crippen LogP contribution in [0.5, 0.6) is 11.5 Å². The van der Waals surface area contributed by atoms with Gasteiger partial charge in [0.1, 0.15) is 35.3 Å². The summed E-state index contributed by atoms with van der Waals surface area (Å²) in [6, 6.07) is 12.9. The van der Waals surface area contributed by atoms with E-state index in [1.165, 1.54) is 18.6 Å². The van der Waals surface area contributed by atoms with Gasteiger partial charge in [-0.1, -0.05) is 6.07 Å². The molecule has 2 aromatic heterocycles. The number of hydrogen-bond acceptors (Lipinski definition) is 5. The molecular weight excluding hydrogens is 466 g/mol. The van der Waals surface area contributed by atoms with Gasteiger partial charge in [-0.05, 0) is 42.5 Å². The number of anilines is 1. The van der Waals surface area contributed by atoms with Crippen molar-refractivity contribution in [3.8, 4) is 17.2 Å². The fourth-order valence-electron chi connectivity index (χ4n) is 3.79. The summed E-state index contributed by atoms with van der Waals surface area (Å²) < 4.78 is 61.9. The van der Waals surface area contributed by atoms with Crippen molar-refractivity contribution in [3.63, 3.8) is 0 Å². The first-order chi connectivity index (χ1) is 16.8. The second kappa shape index (κ2) is 8.90. The van der Waals surface area contributed by atoms with Gasteiger partial charge in [-0.25, -0.2) is 27.3 Å². The normalized spacial score (nSPS) is 15.0. The lowest BCUT2D eigenvalue weighted by Gasteiger charge is -2.35. The van der Waals surface area contributed by atoms with Gasteiger partial charge in [0.15, 0.2) is 0 Å². The highest BCUT2D eigenvalue weighted by Gasteiger charge is 2.45. The maximum atomic E-state index is 13.9. The van der Waals surface area contributed by atoms with Gasteiger partial charge in [-0.3, -0.25) is 4.57 Å². The monoisotopic (exact) mass is 485 g/mol. The topological polar surface area (TPSA) is 74.0 Å². The SMILES string of the molecule is O=c1n(Cc2c(F)cccc2F)cnn1-c1ccc(Oc2ccnc(NC3CC(F)(F)C3)c2)cc1. The van der Waals surface area contributed by atoms with Crippen LogP contribution < -0.4 is 15.7 Å². The van der Waals surface area contributed by atoms with E-state index >= 15 is 0 Å². The van der Waals surface area contributed by atoms with Gasteiger partial charge >= 0.3 is 5.69 Å². The van der Waals surface area contributed by atoms with E-state index in [-0.39, 0.29) is 31.0 Å². The van der Waals surface area contributed by atoms with E-state index in [1.807, 2.05) is 0 Å². The number of alkyl halides is 2. The standard InChI is InChI=1S/C24H19F4N5O2/c25-20-2-1-3-21(26)19(20)13-32-14-30-33(23(32)34)16-4-6-17(7-5-16)35-18-8-9-29-22(10-18)31-15-11-24(27,28)12-15/h1-10,14-15H,11-13H2,(H,29,31). The Morgan fingerprint density at radius 3 is 2.43 bits per heavy atom. The first-order valence-electron chi connectivity index (χ1n) is 10.7. The van der Waals surface area contributed by atoms with Crippen LogP contribution in [-0.4, -0.2) is 31.3 Å². The van der Waals surface area contributed by atoms with E-state index in [1.54, 1.807) is 36.4 Å². The summed E-state index contributed by atoms with van der Waals surface area (Å²) in [4.78, 5) is 16.8. The molecule has 180 valence electrons. The summed E-state index contributed by atoms with van der Waals surface area (Å²) in [6.45, 7) is -0.296. The van der Waals surface area contributed by atoms with Crippen LogP contribution in [-0.2, 0) is 6.54 Å². The molecule has 0 unspecified atom stereocenters. The summed E-state index contributed by atoms with van der Waals surface area (Å²) in [5, 5.41) is 6.99. The highest BCUT2D eigenvalue weighted by molar-refractivity contribution is 5.45. The minimum absolute atomic E-state index is 0.227. The van der Waals surface area contributed by atoms with Crippen LogP contribution in [0.3, 0.4) is 0 Å². The van der Waals surface area contributed by atoms with Gasteiger partial charge in [0, 0.05) is 36.7 Å². The molecule has 0 aliphatic heterocycles. The molecule has 1 aliphatic carbocycles. The van der Waals surface area contributed by atoms with E-state index in [9.17, 15) is 22.4 Å². The smallest absolute Gasteiger partial charge is 0.350 e. The molecular formula is C24H19F4N5O2. The van der Waals surface area contributed by atoms with Crippen LogP contribution in [0.15, 0.2) is 71.9 Å². The lowest BCUT2D eigenvalue weighted by Crippen LogP contribution is -2.44. The predicted octanol–water partition coefficient (Wildman–Crippen LogP) is 4.76. The number of nitrogens with one attached hydrogen (secondary N) is 1. The Morgan fingerprint density at radius 1 is 1.03 bits per heavy atom. The number of halogens is 4. The van der Waals surface area contributed by atoms with Crippen LogP contribution in [0.2, 0.25) is 0 Å². The zero-order valence-corrected chi connectivity index (χ0v) is 18.2. The molecule has 2 heterocycles. The quantitative estimate of drug-likeness (QED) is 0.382. The van der Waals surface area contributed by atoms with Crippen molar-refractivity contribution < 1.29 is 22.3 Å². The van der Waals surface area contributed by atoms with E-state index in [0.717, 1.165) is 21.4 Å². The molecule has 1 N–H and O–H groups in total. The molecule has 0 amide bonds. The summed E-state index contributed by atoms with van der Waals surface area (Å²) in [5.41, 5.74) is -0.360. The fourth-order valence-corrected chi connectivity index (χ4v) is 3.79. The Hall–Kier alpha value is -4.15. The molecule has 5 rings (SSSR count). The minimum atomic E-state index is -2.63. The number of rotatable bonds is 7. The average molecular weight is 485 g/mol. The van der Waals surface area contributed by atoms with E-state index in [2.05, 4.69) is 15.4 Å². The highest BCUT2D eigenvalue weighted by Crippen LogP contribution is 2.39. The number of benzene rings is 2. The van der Waals surface area contributed by atoms with Gasteiger partial charge < -0.3 is 10.1 Å². The van der Waals surface area contributed by atoms with Crippen molar-refractivity contribution in [2.24, 2.45) is 0 Å². The molecule has 0 spiro atoms. The van der Waals surface area contributed by atoms with E-state index < -0.39 is 23.2 Å². The third-order valence-corrected chi connectivity index (χ3v) is 5.61. The molecule has 1 saturated carbocycles. The molecule has 7 nitrogen and oxygen atoms in total. The fraction of sp³-hybridized carbons (Fsp3) is 0.208. The second-order valence-electron chi connectivity index (χ2n) is 8.23. The number of hydrogen-bond donors (Lipinski definition) is 1. The van der Waals surface area contributed by atoms with Crippen molar-refractivity contribution in [3.05, 3.63) is 94.8 Å². The highest BCUT2D eigenvalue weighted by atomic mass is 19.3. The molecule has 0 bridgehead atoms. The Kier molecular flexibility index (Phi) is 5.75. The van der Waals surface area contributed by atoms with Gasteiger partial charge in [0.2, 0.25) is 0 Å². The molecule has 0 radical (unpaired) electrons. The van der Waals surface area contributed by atoms with E-state index in [4.69, 9.17) is 4.74 Å². The Balaban J connectivity index is 1.27. The zero-order chi connectivity index (χ0) is 24.6. The zero-order valence-electron chi connectivity index (χ0n) is 18.2. The molecule has 35 heavy (non-hydrogen) atoms. The Bertz CT molecular complexity index is 1390. The summed E-state index contributed by atoms with van der Waals surface area (Å²) in [6.07, 6.45) is 2.26. The summed E-state index contributed by atoms with van der Waals surface area (Å²) in [7, 11) is 0. The maximum Gasteiger partial charge on any atom is 0.350 e. The van der Waals surface area contributed by atoms with Gasteiger partial charge in [-0.2, -0.15) is 9.78 Å². The van der Waals surface area contributed by atoms with Crippen LogP contribution >= 0.6 is 0 Å². The van der Waals surface area contributed by atoms with E-state index in [0.29, 0.717) is 23.0 Å². The summed E-state index contributed by atoms with van der Waals surface area (Å²) in [5.74, 6) is -2.77. The largest absolute Gasteiger partial charge is 0.457 e. The van der Waals surface area contributed by atoms with Crippen molar-refractivity contribution in [2.45, 2.75) is 31.4 Å². The lowest BCUT2D eigenvalue weighted by atomic mass is 9.88. The molecule has 1 fully saturated rings. The van der Waals surface area contributed by atoms with Gasteiger partial charge in [-0.15, -0.1) is 0 Å². The average Bonchev–Trinajstić information content (AvgIpc) is 3.16. The first kappa shape index (κ1) is 22.6.